The zero-order valence-corrected chi connectivity index (χ0v) is 16.7. The molecule has 1 aromatic rings. The molecule has 3 nitrogen and oxygen atoms in total. The van der Waals surface area contributed by atoms with Crippen LogP contribution < -0.4 is 5.32 Å². The molecule has 0 spiro atoms. The van der Waals surface area contributed by atoms with Gasteiger partial charge in [0.15, 0.2) is 0 Å². The van der Waals surface area contributed by atoms with E-state index in [2.05, 4.69) is 69.7 Å². The van der Waals surface area contributed by atoms with Crippen molar-refractivity contribution in [3.63, 3.8) is 0 Å². The summed E-state index contributed by atoms with van der Waals surface area (Å²) in [5.41, 5.74) is 1.06. The largest absolute Gasteiger partial charge is 0.369 e. The first kappa shape index (κ1) is 18.8. The quantitative estimate of drug-likeness (QED) is 0.750. The van der Waals surface area contributed by atoms with Crippen molar-refractivity contribution in [1.82, 2.24) is 9.97 Å². The third-order valence-corrected chi connectivity index (χ3v) is 4.80. The van der Waals surface area contributed by atoms with E-state index in [0.29, 0.717) is 0 Å². The van der Waals surface area contributed by atoms with E-state index in [1.807, 2.05) is 11.8 Å². The van der Waals surface area contributed by atoms with Crippen LogP contribution in [-0.4, -0.2) is 21.3 Å². The second-order valence-corrected chi connectivity index (χ2v) is 9.82. The summed E-state index contributed by atoms with van der Waals surface area (Å²) >= 11 is 5.55. The monoisotopic (exact) mass is 373 g/mol. The van der Waals surface area contributed by atoms with Crippen molar-refractivity contribution in [3.05, 3.63) is 16.0 Å². The van der Waals surface area contributed by atoms with Gasteiger partial charge in [-0.15, -0.1) is 11.8 Å². The average Bonchev–Trinajstić information content (AvgIpc) is 2.33. The molecular formula is C16H28BrN3S. The van der Waals surface area contributed by atoms with Crippen molar-refractivity contribution >= 4 is 33.5 Å². The van der Waals surface area contributed by atoms with Gasteiger partial charge in [0.1, 0.15) is 11.6 Å². The topological polar surface area (TPSA) is 37.8 Å². The molecule has 0 unspecified atom stereocenters. The van der Waals surface area contributed by atoms with E-state index >= 15 is 0 Å². The first-order valence-electron chi connectivity index (χ1n) is 7.49. The van der Waals surface area contributed by atoms with E-state index < -0.39 is 0 Å². The maximum atomic E-state index is 4.80. The van der Waals surface area contributed by atoms with Gasteiger partial charge in [-0.05, 0) is 22.4 Å². The maximum absolute atomic E-state index is 4.80. The predicted octanol–water partition coefficient (Wildman–Crippen LogP) is 5.39. The lowest BCUT2D eigenvalue weighted by Gasteiger charge is -2.23. The van der Waals surface area contributed by atoms with Crippen LogP contribution in [0, 0.1) is 0 Å². The number of hydrogen-bond donors (Lipinski definition) is 1. The molecule has 5 heteroatoms. The Hall–Kier alpha value is -0.290. The minimum Gasteiger partial charge on any atom is -0.369 e. The number of nitrogens with zero attached hydrogens (tertiary/aromatic N) is 2. The lowest BCUT2D eigenvalue weighted by atomic mass is 9.92. The number of halogens is 1. The van der Waals surface area contributed by atoms with Crippen molar-refractivity contribution in [2.24, 2.45) is 0 Å². The van der Waals surface area contributed by atoms with Crippen LogP contribution in [0.25, 0.3) is 0 Å². The smallest absolute Gasteiger partial charge is 0.144 e. The fraction of sp³-hybridized carbons (Fsp3) is 0.750. The number of anilines is 1. The van der Waals surface area contributed by atoms with Gasteiger partial charge in [-0.1, -0.05) is 48.5 Å². The molecule has 1 aromatic heterocycles. The summed E-state index contributed by atoms with van der Waals surface area (Å²) < 4.78 is 1.21. The minimum atomic E-state index is -0.00837. The molecule has 0 saturated heterocycles. The van der Waals surface area contributed by atoms with Crippen molar-refractivity contribution in [2.75, 3.05) is 11.9 Å². The third-order valence-electron chi connectivity index (χ3n) is 2.78. The van der Waals surface area contributed by atoms with E-state index in [9.17, 15) is 0 Å². The molecule has 1 N–H and O–H groups in total. The van der Waals surface area contributed by atoms with Gasteiger partial charge < -0.3 is 5.32 Å². The summed E-state index contributed by atoms with van der Waals surface area (Å²) in [6, 6.07) is 0. The van der Waals surface area contributed by atoms with Crippen LogP contribution in [0.5, 0.6) is 0 Å². The lowest BCUT2D eigenvalue weighted by molar-refractivity contribution is 0.560. The molecule has 120 valence electrons. The number of rotatable bonds is 5. The van der Waals surface area contributed by atoms with E-state index in [4.69, 9.17) is 9.97 Å². The fourth-order valence-corrected chi connectivity index (χ4v) is 3.30. The van der Waals surface area contributed by atoms with E-state index in [1.54, 1.807) is 0 Å². The Kier molecular flexibility index (Phi) is 6.54. The van der Waals surface area contributed by atoms with Crippen LogP contribution in [0.4, 0.5) is 5.82 Å². The Morgan fingerprint density at radius 2 is 1.71 bits per heavy atom. The Morgan fingerprint density at radius 3 is 2.19 bits per heavy atom. The first-order chi connectivity index (χ1) is 9.54. The summed E-state index contributed by atoms with van der Waals surface area (Å²) in [5.74, 6) is 2.66. The Bertz CT molecular complexity index is 476. The van der Waals surface area contributed by atoms with Crippen molar-refractivity contribution < 1.29 is 0 Å². The van der Waals surface area contributed by atoms with Gasteiger partial charge >= 0.3 is 0 Å². The average molecular weight is 374 g/mol. The molecule has 0 fully saturated rings. The van der Waals surface area contributed by atoms with Crippen LogP contribution in [-0.2, 0) is 11.2 Å². The van der Waals surface area contributed by atoms with Gasteiger partial charge in [0.05, 0.1) is 15.9 Å². The van der Waals surface area contributed by atoms with Crippen molar-refractivity contribution in [2.45, 2.75) is 70.8 Å². The predicted molar refractivity (Wildman–Crippen MR) is 98.3 cm³/mol. The van der Waals surface area contributed by atoms with E-state index in [0.717, 1.165) is 40.5 Å². The molecule has 0 aromatic carbocycles. The Labute approximate surface area is 142 Å². The molecular weight excluding hydrogens is 346 g/mol. The van der Waals surface area contributed by atoms with Crippen LogP contribution in [0.3, 0.4) is 0 Å². The van der Waals surface area contributed by atoms with Crippen LogP contribution in [0.1, 0.15) is 66.4 Å². The zero-order valence-electron chi connectivity index (χ0n) is 14.3. The lowest BCUT2D eigenvalue weighted by Crippen LogP contribution is -2.19. The zero-order chi connectivity index (χ0) is 16.3. The Morgan fingerprint density at radius 1 is 1.10 bits per heavy atom. The van der Waals surface area contributed by atoms with Gasteiger partial charge in [0.2, 0.25) is 0 Å². The summed E-state index contributed by atoms with van der Waals surface area (Å²) in [5, 5.41) is 3.41. The van der Waals surface area contributed by atoms with Gasteiger partial charge in [0, 0.05) is 16.7 Å². The first-order valence-corrected chi connectivity index (χ1v) is 9.27. The number of nitrogens with one attached hydrogen (secondary N) is 1. The molecule has 0 aliphatic rings. The standard InChI is InChI=1S/C16H28BrN3S/c1-8-9-18-14-12(17)13(15(2,3)4)19-11(20-14)10-21-16(5,6)7/h8-10H2,1-7H3,(H,18,19,20). The molecule has 0 aliphatic carbocycles. The highest BCUT2D eigenvalue weighted by molar-refractivity contribution is 9.10. The molecule has 0 radical (unpaired) electrons. The summed E-state index contributed by atoms with van der Waals surface area (Å²) in [6.45, 7) is 16.3. The molecule has 0 atom stereocenters. The molecule has 0 bridgehead atoms. The maximum Gasteiger partial charge on any atom is 0.144 e. The summed E-state index contributed by atoms with van der Waals surface area (Å²) in [6.07, 6.45) is 1.08. The van der Waals surface area contributed by atoms with Crippen LogP contribution >= 0.6 is 27.7 Å². The summed E-state index contributed by atoms with van der Waals surface area (Å²) in [7, 11) is 0. The second kappa shape index (κ2) is 7.32. The highest BCUT2D eigenvalue weighted by atomic mass is 79.9. The van der Waals surface area contributed by atoms with Crippen molar-refractivity contribution in [3.8, 4) is 0 Å². The SMILES string of the molecule is CCCNc1nc(CSC(C)(C)C)nc(C(C)(C)C)c1Br. The van der Waals surface area contributed by atoms with E-state index in [-0.39, 0.29) is 10.2 Å². The molecule has 1 heterocycles. The number of aromatic nitrogens is 2. The van der Waals surface area contributed by atoms with Gasteiger partial charge in [0.25, 0.3) is 0 Å². The van der Waals surface area contributed by atoms with Gasteiger partial charge in [-0.2, -0.15) is 0 Å². The Balaban J connectivity index is 3.13. The van der Waals surface area contributed by atoms with Crippen molar-refractivity contribution in [1.29, 1.82) is 0 Å². The normalized spacial score (nSPS) is 12.6. The van der Waals surface area contributed by atoms with E-state index in [1.165, 1.54) is 0 Å². The molecule has 0 amide bonds. The van der Waals surface area contributed by atoms with Gasteiger partial charge in [-0.3, -0.25) is 0 Å². The highest BCUT2D eigenvalue weighted by Crippen LogP contribution is 2.34. The number of thioether (sulfide) groups is 1. The minimum absolute atomic E-state index is 0.00837. The van der Waals surface area contributed by atoms with Gasteiger partial charge in [-0.25, -0.2) is 9.97 Å². The molecule has 21 heavy (non-hydrogen) atoms. The van der Waals surface area contributed by atoms with Crippen LogP contribution in [0.15, 0.2) is 4.47 Å². The second-order valence-electron chi connectivity index (χ2n) is 7.23. The highest BCUT2D eigenvalue weighted by Gasteiger charge is 2.23. The number of hydrogen-bond acceptors (Lipinski definition) is 4. The summed E-state index contributed by atoms with van der Waals surface area (Å²) in [4.78, 5) is 9.49. The molecule has 0 aliphatic heterocycles. The molecule has 0 saturated carbocycles. The van der Waals surface area contributed by atoms with Crippen LogP contribution in [0.2, 0.25) is 0 Å². The third kappa shape index (κ3) is 6.15. The fourth-order valence-electron chi connectivity index (χ4n) is 1.70. The molecule has 1 rings (SSSR count).